The first-order valence-electron chi connectivity index (χ1n) is 6.26. The lowest BCUT2D eigenvalue weighted by Gasteiger charge is -2.23. The molecule has 3 nitrogen and oxygen atoms in total. The third-order valence-electron chi connectivity index (χ3n) is 3.45. The predicted molar refractivity (Wildman–Crippen MR) is 75.4 cm³/mol. The SMILES string of the molecule is C=CCOC1C(=C)Cc2c([nH]c3ccccc23)C1=O. The summed E-state index contributed by atoms with van der Waals surface area (Å²) in [7, 11) is 0. The molecule has 0 fully saturated rings. The van der Waals surface area contributed by atoms with Crippen molar-refractivity contribution in [1.82, 2.24) is 4.98 Å². The molecule has 1 aromatic heterocycles. The van der Waals surface area contributed by atoms with Crippen molar-refractivity contribution in [3.05, 3.63) is 60.3 Å². The molecule has 1 unspecified atom stereocenters. The highest BCUT2D eigenvalue weighted by Crippen LogP contribution is 2.32. The number of aromatic nitrogens is 1. The summed E-state index contributed by atoms with van der Waals surface area (Å²) < 4.78 is 5.52. The molecule has 2 aromatic rings. The third kappa shape index (κ3) is 1.83. The molecule has 1 atom stereocenters. The van der Waals surface area contributed by atoms with Crippen LogP contribution >= 0.6 is 0 Å². The van der Waals surface area contributed by atoms with Crippen molar-refractivity contribution in [3.63, 3.8) is 0 Å². The fourth-order valence-electron chi connectivity index (χ4n) is 2.59. The fourth-order valence-corrected chi connectivity index (χ4v) is 2.59. The number of para-hydroxylation sites is 1. The maximum Gasteiger partial charge on any atom is 0.212 e. The minimum atomic E-state index is -0.557. The number of carbonyl (C=O) groups excluding carboxylic acids is 1. The second kappa shape index (κ2) is 4.52. The Morgan fingerprint density at radius 3 is 3.00 bits per heavy atom. The van der Waals surface area contributed by atoms with Gasteiger partial charge in [0.05, 0.1) is 12.3 Å². The van der Waals surface area contributed by atoms with Gasteiger partial charge in [0, 0.05) is 10.9 Å². The number of hydrogen-bond acceptors (Lipinski definition) is 2. The smallest absolute Gasteiger partial charge is 0.212 e. The van der Waals surface area contributed by atoms with Crippen LogP contribution in [0.4, 0.5) is 0 Å². The zero-order valence-corrected chi connectivity index (χ0v) is 10.6. The van der Waals surface area contributed by atoms with E-state index in [1.165, 1.54) is 0 Å². The highest BCUT2D eigenvalue weighted by Gasteiger charge is 2.33. The van der Waals surface area contributed by atoms with E-state index >= 15 is 0 Å². The molecule has 0 radical (unpaired) electrons. The van der Waals surface area contributed by atoms with Crippen LogP contribution in [-0.2, 0) is 11.2 Å². The van der Waals surface area contributed by atoms with Gasteiger partial charge in [0.15, 0.2) is 0 Å². The van der Waals surface area contributed by atoms with Gasteiger partial charge in [-0.2, -0.15) is 0 Å². The molecule has 0 saturated carbocycles. The fraction of sp³-hybridized carbons (Fsp3) is 0.188. The molecular formula is C16H15NO2. The average Bonchev–Trinajstić information content (AvgIpc) is 2.78. The quantitative estimate of drug-likeness (QED) is 0.854. The highest BCUT2D eigenvalue weighted by atomic mass is 16.5. The molecule has 0 saturated heterocycles. The minimum absolute atomic E-state index is 0.0377. The maximum absolute atomic E-state index is 12.5. The summed E-state index contributed by atoms with van der Waals surface area (Å²) in [5.74, 6) is -0.0377. The van der Waals surface area contributed by atoms with Crippen molar-refractivity contribution in [2.45, 2.75) is 12.5 Å². The first kappa shape index (κ1) is 11.9. The lowest BCUT2D eigenvalue weighted by atomic mass is 9.89. The predicted octanol–water partition coefficient (Wildman–Crippen LogP) is 3.03. The second-order valence-corrected chi connectivity index (χ2v) is 4.73. The normalized spacial score (nSPS) is 18.6. The molecule has 19 heavy (non-hydrogen) atoms. The van der Waals surface area contributed by atoms with Gasteiger partial charge in [0.1, 0.15) is 6.10 Å². The van der Waals surface area contributed by atoms with Crippen LogP contribution in [-0.4, -0.2) is 23.5 Å². The number of ether oxygens (including phenoxy) is 1. The Kier molecular flexibility index (Phi) is 2.84. The van der Waals surface area contributed by atoms with Crippen LogP contribution in [0.1, 0.15) is 16.1 Å². The van der Waals surface area contributed by atoms with Crippen LogP contribution in [0.25, 0.3) is 10.9 Å². The number of ketones is 1. The maximum atomic E-state index is 12.5. The molecular weight excluding hydrogens is 238 g/mol. The number of nitrogens with one attached hydrogen (secondary N) is 1. The molecule has 1 N–H and O–H groups in total. The Balaban J connectivity index is 2.08. The van der Waals surface area contributed by atoms with Crippen molar-refractivity contribution < 1.29 is 9.53 Å². The molecule has 0 aliphatic heterocycles. The number of aromatic amines is 1. The minimum Gasteiger partial charge on any atom is -0.362 e. The molecule has 1 aromatic carbocycles. The average molecular weight is 253 g/mol. The molecule has 0 bridgehead atoms. The van der Waals surface area contributed by atoms with Gasteiger partial charge < -0.3 is 9.72 Å². The number of hydrogen-bond donors (Lipinski definition) is 1. The Labute approximate surface area is 111 Å². The van der Waals surface area contributed by atoms with Crippen LogP contribution in [0.3, 0.4) is 0 Å². The van der Waals surface area contributed by atoms with Crippen LogP contribution in [0.5, 0.6) is 0 Å². The van der Waals surface area contributed by atoms with E-state index in [9.17, 15) is 4.79 Å². The van der Waals surface area contributed by atoms with Gasteiger partial charge in [-0.15, -0.1) is 6.58 Å². The Bertz CT molecular complexity index is 681. The first-order chi connectivity index (χ1) is 9.22. The van der Waals surface area contributed by atoms with E-state index < -0.39 is 6.10 Å². The van der Waals surface area contributed by atoms with Crippen molar-refractivity contribution in [2.24, 2.45) is 0 Å². The van der Waals surface area contributed by atoms with E-state index in [1.807, 2.05) is 24.3 Å². The van der Waals surface area contributed by atoms with Crippen molar-refractivity contribution >= 4 is 16.7 Å². The number of carbonyl (C=O) groups is 1. The van der Waals surface area contributed by atoms with Gasteiger partial charge in [0.25, 0.3) is 0 Å². The van der Waals surface area contributed by atoms with Gasteiger partial charge in [-0.1, -0.05) is 30.9 Å². The summed E-state index contributed by atoms with van der Waals surface area (Å²) in [6, 6.07) is 7.93. The molecule has 0 spiro atoms. The largest absolute Gasteiger partial charge is 0.362 e. The van der Waals surface area contributed by atoms with E-state index in [1.54, 1.807) is 6.08 Å². The van der Waals surface area contributed by atoms with E-state index in [4.69, 9.17) is 4.74 Å². The summed E-state index contributed by atoms with van der Waals surface area (Å²) >= 11 is 0. The van der Waals surface area contributed by atoms with E-state index in [0.717, 1.165) is 22.0 Å². The summed E-state index contributed by atoms with van der Waals surface area (Å²) in [5, 5.41) is 1.09. The topological polar surface area (TPSA) is 42.1 Å². The lowest BCUT2D eigenvalue weighted by Crippen LogP contribution is -2.32. The molecule has 96 valence electrons. The van der Waals surface area contributed by atoms with Crippen LogP contribution < -0.4 is 0 Å². The summed E-state index contributed by atoms with van der Waals surface area (Å²) in [5.41, 5.74) is 3.48. The number of H-pyrrole nitrogens is 1. The number of benzene rings is 1. The van der Waals surface area contributed by atoms with Crippen molar-refractivity contribution in [3.8, 4) is 0 Å². The highest BCUT2D eigenvalue weighted by molar-refractivity contribution is 6.07. The van der Waals surface area contributed by atoms with Gasteiger partial charge in [-0.3, -0.25) is 4.79 Å². The van der Waals surface area contributed by atoms with Crippen LogP contribution in [0.2, 0.25) is 0 Å². The zero-order valence-electron chi connectivity index (χ0n) is 10.6. The Morgan fingerprint density at radius 1 is 1.42 bits per heavy atom. The van der Waals surface area contributed by atoms with Crippen molar-refractivity contribution in [2.75, 3.05) is 6.61 Å². The Morgan fingerprint density at radius 2 is 2.21 bits per heavy atom. The molecule has 1 heterocycles. The van der Waals surface area contributed by atoms with Gasteiger partial charge >= 0.3 is 0 Å². The van der Waals surface area contributed by atoms with Gasteiger partial charge in [0.2, 0.25) is 5.78 Å². The molecule has 3 heteroatoms. The lowest BCUT2D eigenvalue weighted by molar-refractivity contribution is 0.0592. The molecule has 1 aliphatic carbocycles. The summed E-state index contributed by atoms with van der Waals surface area (Å²) in [6.45, 7) is 7.94. The number of rotatable bonds is 3. The Hall–Kier alpha value is -2.13. The number of Topliss-reactive ketones (excluding diaryl/α,β-unsaturated/α-hetero) is 1. The standard InChI is InChI=1S/C16H15NO2/c1-3-8-19-16-10(2)9-12-11-6-4-5-7-13(11)17-14(12)15(16)18/h3-7,16-17H,1-2,8-9H2. The molecule has 0 amide bonds. The molecule has 1 aliphatic rings. The third-order valence-corrected chi connectivity index (χ3v) is 3.45. The summed E-state index contributed by atoms with van der Waals surface area (Å²) in [6.07, 6.45) is 1.76. The van der Waals surface area contributed by atoms with Crippen LogP contribution in [0.15, 0.2) is 49.1 Å². The van der Waals surface area contributed by atoms with Gasteiger partial charge in [-0.05, 0) is 23.6 Å². The van der Waals surface area contributed by atoms with Crippen LogP contribution in [0, 0.1) is 0 Å². The zero-order chi connectivity index (χ0) is 13.4. The van der Waals surface area contributed by atoms with Crippen molar-refractivity contribution in [1.29, 1.82) is 0 Å². The van der Waals surface area contributed by atoms with E-state index in [-0.39, 0.29) is 5.78 Å². The second-order valence-electron chi connectivity index (χ2n) is 4.73. The van der Waals surface area contributed by atoms with E-state index in [2.05, 4.69) is 18.1 Å². The first-order valence-corrected chi connectivity index (χ1v) is 6.26. The number of fused-ring (bicyclic) bond motifs is 3. The van der Waals surface area contributed by atoms with E-state index in [0.29, 0.717) is 18.7 Å². The van der Waals surface area contributed by atoms with Gasteiger partial charge in [-0.25, -0.2) is 0 Å². The molecule has 3 rings (SSSR count). The summed E-state index contributed by atoms with van der Waals surface area (Å²) in [4.78, 5) is 15.6. The monoisotopic (exact) mass is 253 g/mol.